The van der Waals surface area contributed by atoms with Crippen molar-refractivity contribution in [3.8, 4) is 5.75 Å². The van der Waals surface area contributed by atoms with Gasteiger partial charge in [-0.2, -0.15) is 0 Å². The normalized spacial score (nSPS) is 17.4. The molecular weight excluding hydrogens is 192 g/mol. The number of benzene rings is 1. The van der Waals surface area contributed by atoms with E-state index in [-0.39, 0.29) is 0 Å². The molecule has 2 aliphatic rings. The Morgan fingerprint density at radius 3 is 3.07 bits per heavy atom. The molecule has 0 radical (unpaired) electrons. The second kappa shape index (κ2) is 3.07. The highest BCUT2D eigenvalue weighted by atomic mass is 32.2. The van der Waals surface area contributed by atoms with Crippen molar-refractivity contribution in [1.29, 1.82) is 0 Å². The minimum Gasteiger partial charge on any atom is -0.456 e. The lowest BCUT2D eigenvalue weighted by Gasteiger charge is -2.20. The maximum absolute atomic E-state index is 5.76. The Hall–Kier alpha value is -1.41. The van der Waals surface area contributed by atoms with Crippen molar-refractivity contribution in [2.24, 2.45) is 0 Å². The molecular formula is C12H8OS. The van der Waals surface area contributed by atoms with Gasteiger partial charge in [-0.1, -0.05) is 36.0 Å². The molecule has 0 bridgehead atoms. The van der Waals surface area contributed by atoms with E-state index in [9.17, 15) is 0 Å². The second-order valence-electron chi connectivity index (χ2n) is 3.13. The summed E-state index contributed by atoms with van der Waals surface area (Å²) in [6.07, 6.45) is 6.17. The number of allylic oxidation sites excluding steroid dienone is 2. The van der Waals surface area contributed by atoms with Crippen LogP contribution in [0.1, 0.15) is 5.56 Å². The zero-order chi connectivity index (χ0) is 9.38. The molecule has 0 N–H and O–H groups in total. The van der Waals surface area contributed by atoms with E-state index >= 15 is 0 Å². The molecule has 1 nitrogen and oxygen atoms in total. The highest BCUT2D eigenvalue weighted by Gasteiger charge is 2.17. The van der Waals surface area contributed by atoms with E-state index in [2.05, 4.69) is 17.6 Å². The molecule has 0 saturated heterocycles. The topological polar surface area (TPSA) is 9.23 Å². The van der Waals surface area contributed by atoms with Crippen molar-refractivity contribution in [2.75, 3.05) is 0 Å². The molecule has 0 spiro atoms. The van der Waals surface area contributed by atoms with E-state index in [1.807, 2.05) is 30.4 Å². The lowest BCUT2D eigenvalue weighted by molar-refractivity contribution is 0.437. The predicted molar refractivity (Wildman–Crippen MR) is 59.9 cm³/mol. The van der Waals surface area contributed by atoms with Gasteiger partial charge in [0.15, 0.2) is 0 Å². The second-order valence-corrected chi connectivity index (χ2v) is 4.07. The summed E-state index contributed by atoms with van der Waals surface area (Å²) in [6, 6.07) is 8.08. The number of ether oxygens (including phenoxy) is 1. The summed E-state index contributed by atoms with van der Waals surface area (Å²) in [5.41, 5.74) is 1.16. The highest BCUT2D eigenvalue weighted by molar-refractivity contribution is 8.06. The van der Waals surface area contributed by atoms with Gasteiger partial charge in [-0.15, -0.1) is 0 Å². The molecule has 2 heteroatoms. The van der Waals surface area contributed by atoms with Gasteiger partial charge in [0.1, 0.15) is 11.5 Å². The van der Waals surface area contributed by atoms with Gasteiger partial charge in [-0.3, -0.25) is 0 Å². The van der Waals surface area contributed by atoms with Crippen LogP contribution in [0.5, 0.6) is 5.75 Å². The van der Waals surface area contributed by atoms with E-state index in [1.165, 1.54) is 4.91 Å². The predicted octanol–water partition coefficient (Wildman–Crippen LogP) is 3.56. The van der Waals surface area contributed by atoms with Gasteiger partial charge in [-0.25, -0.2) is 0 Å². The first kappa shape index (κ1) is 7.94. The van der Waals surface area contributed by atoms with Crippen molar-refractivity contribution < 1.29 is 4.74 Å². The smallest absolute Gasteiger partial charge is 0.141 e. The van der Waals surface area contributed by atoms with Gasteiger partial charge in [0, 0.05) is 5.56 Å². The van der Waals surface area contributed by atoms with Crippen LogP contribution in [0.4, 0.5) is 0 Å². The third-order valence-corrected chi connectivity index (χ3v) is 3.06. The SMILES string of the molecule is C1=CSC2=Cc3ccccc3OC2=C1. The molecule has 1 aromatic rings. The fourth-order valence-corrected chi connectivity index (χ4v) is 2.25. The summed E-state index contributed by atoms with van der Waals surface area (Å²) in [7, 11) is 0. The summed E-state index contributed by atoms with van der Waals surface area (Å²) < 4.78 is 5.76. The fraction of sp³-hybridized carbons (Fsp3) is 0. The Bertz CT molecular complexity index is 469. The molecule has 14 heavy (non-hydrogen) atoms. The first-order valence-corrected chi connectivity index (χ1v) is 5.34. The number of hydrogen-bond acceptors (Lipinski definition) is 2. The maximum Gasteiger partial charge on any atom is 0.141 e. The number of fused-ring (bicyclic) bond motifs is 2. The summed E-state index contributed by atoms with van der Waals surface area (Å²) in [4.78, 5) is 1.19. The molecule has 0 aromatic heterocycles. The Labute approximate surface area is 86.8 Å². The van der Waals surface area contributed by atoms with Crippen LogP contribution in [0.15, 0.2) is 52.5 Å². The highest BCUT2D eigenvalue weighted by Crippen LogP contribution is 2.38. The number of thioether (sulfide) groups is 1. The third-order valence-electron chi connectivity index (χ3n) is 2.19. The molecule has 0 aliphatic carbocycles. The van der Waals surface area contributed by atoms with E-state index in [1.54, 1.807) is 11.8 Å². The van der Waals surface area contributed by atoms with Gasteiger partial charge in [-0.05, 0) is 23.6 Å². The van der Waals surface area contributed by atoms with Crippen molar-refractivity contribution in [3.05, 3.63) is 58.1 Å². The van der Waals surface area contributed by atoms with Crippen LogP contribution in [0.25, 0.3) is 6.08 Å². The zero-order valence-electron chi connectivity index (χ0n) is 7.44. The molecule has 2 aliphatic heterocycles. The van der Waals surface area contributed by atoms with Crippen LogP contribution in [0.2, 0.25) is 0 Å². The van der Waals surface area contributed by atoms with Crippen LogP contribution in [0, 0.1) is 0 Å². The molecule has 1 aromatic carbocycles. The van der Waals surface area contributed by atoms with E-state index < -0.39 is 0 Å². The van der Waals surface area contributed by atoms with E-state index in [0.717, 1.165) is 17.1 Å². The Morgan fingerprint density at radius 2 is 2.07 bits per heavy atom. The van der Waals surface area contributed by atoms with Crippen molar-refractivity contribution in [1.82, 2.24) is 0 Å². The average molecular weight is 200 g/mol. The van der Waals surface area contributed by atoms with Gasteiger partial charge in [0.2, 0.25) is 0 Å². The molecule has 3 rings (SSSR count). The van der Waals surface area contributed by atoms with Crippen LogP contribution in [-0.4, -0.2) is 0 Å². The largest absolute Gasteiger partial charge is 0.456 e. The van der Waals surface area contributed by atoms with Gasteiger partial charge >= 0.3 is 0 Å². The number of hydrogen-bond donors (Lipinski definition) is 0. The molecule has 0 fully saturated rings. The number of para-hydroxylation sites is 1. The van der Waals surface area contributed by atoms with Crippen molar-refractivity contribution in [2.45, 2.75) is 0 Å². The Morgan fingerprint density at radius 1 is 1.14 bits per heavy atom. The quantitative estimate of drug-likeness (QED) is 0.633. The standard InChI is InChI=1S/C12H8OS/c1-2-5-10-9(4-1)8-12-11(13-10)6-3-7-14-12/h1-8H. The lowest BCUT2D eigenvalue weighted by atomic mass is 10.1. The Kier molecular flexibility index (Phi) is 1.74. The monoisotopic (exact) mass is 200 g/mol. The van der Waals surface area contributed by atoms with Crippen LogP contribution < -0.4 is 4.74 Å². The zero-order valence-corrected chi connectivity index (χ0v) is 8.25. The van der Waals surface area contributed by atoms with Crippen molar-refractivity contribution >= 4 is 17.8 Å². The molecule has 2 heterocycles. The minimum atomic E-state index is 0.943. The fourth-order valence-electron chi connectivity index (χ4n) is 1.52. The molecule has 0 atom stereocenters. The van der Waals surface area contributed by atoms with Crippen LogP contribution in [-0.2, 0) is 0 Å². The number of rotatable bonds is 0. The van der Waals surface area contributed by atoms with E-state index in [0.29, 0.717) is 0 Å². The summed E-state index contributed by atoms with van der Waals surface area (Å²) in [5, 5.41) is 2.06. The molecule has 0 saturated carbocycles. The van der Waals surface area contributed by atoms with Gasteiger partial charge in [0.05, 0.1) is 4.91 Å². The summed E-state index contributed by atoms with van der Waals surface area (Å²) in [6.45, 7) is 0. The first-order valence-electron chi connectivity index (χ1n) is 4.46. The molecule has 0 unspecified atom stereocenters. The third kappa shape index (κ3) is 1.19. The average Bonchev–Trinajstić information content (AvgIpc) is 2.26. The minimum absolute atomic E-state index is 0.943. The lowest BCUT2D eigenvalue weighted by Crippen LogP contribution is -2.04. The Balaban J connectivity index is 2.15. The van der Waals surface area contributed by atoms with E-state index in [4.69, 9.17) is 4.74 Å². The van der Waals surface area contributed by atoms with Crippen LogP contribution in [0.3, 0.4) is 0 Å². The van der Waals surface area contributed by atoms with Crippen molar-refractivity contribution in [3.63, 3.8) is 0 Å². The summed E-state index contributed by atoms with van der Waals surface area (Å²) >= 11 is 1.70. The first-order chi connectivity index (χ1) is 6.93. The maximum atomic E-state index is 5.76. The van der Waals surface area contributed by atoms with Gasteiger partial charge in [0.25, 0.3) is 0 Å². The molecule has 0 amide bonds. The van der Waals surface area contributed by atoms with Crippen LogP contribution >= 0.6 is 11.8 Å². The molecule has 68 valence electrons. The van der Waals surface area contributed by atoms with Gasteiger partial charge < -0.3 is 4.74 Å². The summed E-state index contributed by atoms with van der Waals surface area (Å²) in [5.74, 6) is 1.90.